The van der Waals surface area contributed by atoms with Gasteiger partial charge in [0.25, 0.3) is 0 Å². The molecular formula is C17H19N. The van der Waals surface area contributed by atoms with E-state index in [1.807, 2.05) is 6.07 Å². The van der Waals surface area contributed by atoms with Gasteiger partial charge in [0.2, 0.25) is 0 Å². The minimum Gasteiger partial charge on any atom is -0.355 e. The quantitative estimate of drug-likeness (QED) is 0.804. The Bertz CT molecular complexity index is 549. The van der Waals surface area contributed by atoms with Crippen molar-refractivity contribution >= 4 is 11.4 Å². The molecule has 2 rings (SSSR count). The van der Waals surface area contributed by atoms with E-state index in [0.29, 0.717) is 0 Å². The van der Waals surface area contributed by atoms with Crippen LogP contribution in [-0.4, -0.2) is 0 Å². The topological polar surface area (TPSA) is 12.0 Å². The van der Waals surface area contributed by atoms with Crippen LogP contribution in [0.5, 0.6) is 0 Å². The highest BCUT2D eigenvalue weighted by molar-refractivity contribution is 5.79. The molecule has 0 aliphatic heterocycles. The van der Waals surface area contributed by atoms with E-state index in [0.717, 1.165) is 5.69 Å². The van der Waals surface area contributed by atoms with E-state index in [2.05, 4.69) is 74.6 Å². The maximum atomic E-state index is 3.54. The summed E-state index contributed by atoms with van der Waals surface area (Å²) in [5, 5.41) is 3.54. The van der Waals surface area contributed by atoms with Crippen molar-refractivity contribution in [2.45, 2.75) is 20.8 Å². The van der Waals surface area contributed by atoms with Crippen LogP contribution in [0.2, 0.25) is 0 Å². The fourth-order valence-corrected chi connectivity index (χ4v) is 1.94. The zero-order valence-corrected chi connectivity index (χ0v) is 11.2. The Morgan fingerprint density at radius 2 is 1.44 bits per heavy atom. The largest absolute Gasteiger partial charge is 0.355 e. The molecule has 0 saturated heterocycles. The monoisotopic (exact) mass is 237 g/mol. The van der Waals surface area contributed by atoms with Crippen molar-refractivity contribution in [3.05, 3.63) is 71.3 Å². The summed E-state index contributed by atoms with van der Waals surface area (Å²) in [6.45, 7) is 6.39. The van der Waals surface area contributed by atoms with Crippen molar-refractivity contribution in [2.75, 3.05) is 5.32 Å². The number of aryl methyl sites for hydroxylation is 1. The Morgan fingerprint density at radius 3 is 2.06 bits per heavy atom. The summed E-state index contributed by atoms with van der Waals surface area (Å²) in [5.41, 5.74) is 6.11. The van der Waals surface area contributed by atoms with Crippen LogP contribution in [0.15, 0.2) is 60.2 Å². The Kier molecular flexibility index (Phi) is 3.83. The van der Waals surface area contributed by atoms with Crippen molar-refractivity contribution in [1.82, 2.24) is 0 Å². The van der Waals surface area contributed by atoms with Gasteiger partial charge in [0.1, 0.15) is 0 Å². The molecule has 2 aromatic rings. The molecule has 1 nitrogen and oxygen atoms in total. The van der Waals surface area contributed by atoms with Gasteiger partial charge in [-0.3, -0.25) is 0 Å². The van der Waals surface area contributed by atoms with Gasteiger partial charge in [0.15, 0.2) is 0 Å². The fraction of sp³-hybridized carbons (Fsp3) is 0.176. The molecule has 0 aromatic heterocycles. The van der Waals surface area contributed by atoms with Crippen LogP contribution >= 0.6 is 0 Å². The number of rotatable bonds is 3. The molecule has 0 spiro atoms. The second kappa shape index (κ2) is 5.54. The van der Waals surface area contributed by atoms with Gasteiger partial charge in [0.05, 0.1) is 0 Å². The van der Waals surface area contributed by atoms with Crippen LogP contribution in [0.1, 0.15) is 25.0 Å². The van der Waals surface area contributed by atoms with Gasteiger partial charge in [-0.05, 0) is 38.0 Å². The lowest BCUT2D eigenvalue weighted by Gasteiger charge is -2.15. The molecule has 92 valence electrons. The normalized spacial score (nSPS) is 9.94. The van der Waals surface area contributed by atoms with E-state index in [4.69, 9.17) is 0 Å². The lowest BCUT2D eigenvalue weighted by atomic mass is 10.1. The Balaban J connectivity index is 2.36. The summed E-state index contributed by atoms with van der Waals surface area (Å²) in [6, 6.07) is 18.8. The summed E-state index contributed by atoms with van der Waals surface area (Å²) in [4.78, 5) is 0. The van der Waals surface area contributed by atoms with E-state index in [1.54, 1.807) is 0 Å². The highest BCUT2D eigenvalue weighted by Crippen LogP contribution is 2.23. The van der Waals surface area contributed by atoms with E-state index >= 15 is 0 Å². The molecule has 2 aromatic carbocycles. The maximum Gasteiger partial charge on any atom is 0.0444 e. The van der Waals surface area contributed by atoms with Gasteiger partial charge in [-0.25, -0.2) is 0 Å². The van der Waals surface area contributed by atoms with Gasteiger partial charge in [-0.15, -0.1) is 0 Å². The molecule has 0 fully saturated rings. The highest BCUT2D eigenvalue weighted by Gasteiger charge is 2.05. The summed E-state index contributed by atoms with van der Waals surface area (Å²) < 4.78 is 0. The van der Waals surface area contributed by atoms with Gasteiger partial charge in [-0.2, -0.15) is 0 Å². The fourth-order valence-electron chi connectivity index (χ4n) is 1.94. The van der Waals surface area contributed by atoms with Gasteiger partial charge in [-0.1, -0.05) is 54.1 Å². The Morgan fingerprint density at radius 1 is 0.833 bits per heavy atom. The standard InChI is InChI=1S/C17H19N/c1-13(2)17(15-10-5-4-6-11-15)18-16-12-8-7-9-14(16)3/h4-12,18H,1-3H3. The molecule has 0 radical (unpaired) electrons. The lowest BCUT2D eigenvalue weighted by Crippen LogP contribution is -2.02. The summed E-state index contributed by atoms with van der Waals surface area (Å²) in [6.07, 6.45) is 0. The number of hydrogen-bond acceptors (Lipinski definition) is 1. The van der Waals surface area contributed by atoms with Crippen LogP contribution in [0.4, 0.5) is 5.69 Å². The molecule has 1 N–H and O–H groups in total. The summed E-state index contributed by atoms with van der Waals surface area (Å²) in [7, 11) is 0. The van der Waals surface area contributed by atoms with E-state index in [-0.39, 0.29) is 0 Å². The van der Waals surface area contributed by atoms with Gasteiger partial charge < -0.3 is 5.32 Å². The second-order valence-electron chi connectivity index (χ2n) is 4.68. The first-order valence-corrected chi connectivity index (χ1v) is 6.24. The second-order valence-corrected chi connectivity index (χ2v) is 4.68. The van der Waals surface area contributed by atoms with Crippen molar-refractivity contribution < 1.29 is 0 Å². The minimum atomic E-state index is 1.16. The summed E-state index contributed by atoms with van der Waals surface area (Å²) in [5.74, 6) is 0. The molecule has 0 atom stereocenters. The van der Waals surface area contributed by atoms with Crippen LogP contribution in [0, 0.1) is 6.92 Å². The van der Waals surface area contributed by atoms with Gasteiger partial charge in [0, 0.05) is 11.4 Å². The predicted molar refractivity (Wildman–Crippen MR) is 79.5 cm³/mol. The number of benzene rings is 2. The number of nitrogens with one attached hydrogen (secondary N) is 1. The molecule has 0 amide bonds. The maximum absolute atomic E-state index is 3.54. The predicted octanol–water partition coefficient (Wildman–Crippen LogP) is 4.86. The Labute approximate surface area is 109 Å². The van der Waals surface area contributed by atoms with Crippen LogP contribution in [0.25, 0.3) is 5.70 Å². The van der Waals surface area contributed by atoms with Crippen molar-refractivity contribution in [2.24, 2.45) is 0 Å². The zero-order valence-electron chi connectivity index (χ0n) is 11.2. The average Bonchev–Trinajstić information content (AvgIpc) is 2.38. The summed E-state index contributed by atoms with van der Waals surface area (Å²) >= 11 is 0. The number of anilines is 1. The van der Waals surface area contributed by atoms with E-state index < -0.39 is 0 Å². The van der Waals surface area contributed by atoms with Crippen LogP contribution in [-0.2, 0) is 0 Å². The highest BCUT2D eigenvalue weighted by atomic mass is 14.9. The average molecular weight is 237 g/mol. The van der Waals surface area contributed by atoms with Crippen molar-refractivity contribution in [1.29, 1.82) is 0 Å². The number of hydrogen-bond donors (Lipinski definition) is 1. The molecule has 0 aliphatic rings. The third kappa shape index (κ3) is 2.80. The number of allylic oxidation sites excluding steroid dienone is 1. The first-order chi connectivity index (χ1) is 8.68. The third-order valence-corrected chi connectivity index (χ3v) is 2.97. The molecule has 0 aliphatic carbocycles. The zero-order chi connectivity index (χ0) is 13.0. The molecule has 0 bridgehead atoms. The van der Waals surface area contributed by atoms with E-state index in [1.165, 1.54) is 22.4 Å². The van der Waals surface area contributed by atoms with Gasteiger partial charge >= 0.3 is 0 Å². The third-order valence-electron chi connectivity index (χ3n) is 2.97. The van der Waals surface area contributed by atoms with Crippen molar-refractivity contribution in [3.8, 4) is 0 Å². The molecule has 0 unspecified atom stereocenters. The smallest absolute Gasteiger partial charge is 0.0444 e. The first kappa shape index (κ1) is 12.4. The molecule has 18 heavy (non-hydrogen) atoms. The van der Waals surface area contributed by atoms with Crippen molar-refractivity contribution in [3.63, 3.8) is 0 Å². The minimum absolute atomic E-state index is 1.16. The molecular weight excluding hydrogens is 218 g/mol. The molecule has 0 saturated carbocycles. The van der Waals surface area contributed by atoms with Crippen LogP contribution in [0.3, 0.4) is 0 Å². The number of para-hydroxylation sites is 1. The first-order valence-electron chi connectivity index (χ1n) is 6.24. The molecule has 1 heteroatoms. The Hall–Kier alpha value is -2.02. The lowest BCUT2D eigenvalue weighted by molar-refractivity contribution is 1.35. The van der Waals surface area contributed by atoms with Crippen LogP contribution < -0.4 is 5.32 Å². The van der Waals surface area contributed by atoms with E-state index in [9.17, 15) is 0 Å². The molecule has 0 heterocycles. The SMILES string of the molecule is CC(C)=C(Nc1ccccc1C)c1ccccc1.